The fourth-order valence-corrected chi connectivity index (χ4v) is 3.01. The zero-order valence-corrected chi connectivity index (χ0v) is 16.5. The van der Waals surface area contributed by atoms with E-state index in [0.29, 0.717) is 57.2 Å². The van der Waals surface area contributed by atoms with Gasteiger partial charge in [0.15, 0.2) is 0 Å². The van der Waals surface area contributed by atoms with Gasteiger partial charge in [-0.3, -0.25) is 10.1 Å². The van der Waals surface area contributed by atoms with Gasteiger partial charge in [-0.15, -0.1) is 0 Å². The molecule has 0 spiro atoms. The molecule has 29 heavy (non-hydrogen) atoms. The van der Waals surface area contributed by atoms with E-state index in [2.05, 4.69) is 5.16 Å². The second kappa shape index (κ2) is 10.4. The first-order valence-corrected chi connectivity index (χ1v) is 9.59. The number of nitro benzene ring substituents is 1. The summed E-state index contributed by atoms with van der Waals surface area (Å²) in [6.45, 7) is 5.37. The SMILES string of the molecule is Cc1cccc(OCCCO/N=C\c2ccc(N3CCOCC3)c([N+](=O)[O-])c2)c1. The highest BCUT2D eigenvalue weighted by atomic mass is 16.6. The summed E-state index contributed by atoms with van der Waals surface area (Å²) in [5.41, 5.74) is 2.42. The molecule has 3 rings (SSSR count). The van der Waals surface area contributed by atoms with Gasteiger partial charge in [0.05, 0.1) is 31.0 Å². The minimum absolute atomic E-state index is 0.0578. The summed E-state index contributed by atoms with van der Waals surface area (Å²) in [5, 5.41) is 15.4. The van der Waals surface area contributed by atoms with Gasteiger partial charge < -0.3 is 19.2 Å². The number of hydrogen-bond acceptors (Lipinski definition) is 7. The quantitative estimate of drug-likeness (QED) is 0.277. The van der Waals surface area contributed by atoms with Crippen LogP contribution in [0.25, 0.3) is 0 Å². The van der Waals surface area contributed by atoms with Crippen LogP contribution in [0, 0.1) is 17.0 Å². The molecule has 0 saturated carbocycles. The molecule has 1 aliphatic rings. The summed E-state index contributed by atoms with van der Waals surface area (Å²) in [7, 11) is 0. The summed E-state index contributed by atoms with van der Waals surface area (Å²) >= 11 is 0. The van der Waals surface area contributed by atoms with Gasteiger partial charge in [-0.2, -0.15) is 0 Å². The predicted octanol–water partition coefficient (Wildman–Crippen LogP) is 3.56. The second-order valence-corrected chi connectivity index (χ2v) is 6.69. The Hall–Kier alpha value is -3.13. The predicted molar refractivity (Wildman–Crippen MR) is 111 cm³/mol. The smallest absolute Gasteiger partial charge is 0.293 e. The third kappa shape index (κ3) is 6.18. The number of benzene rings is 2. The summed E-state index contributed by atoms with van der Waals surface area (Å²) in [6.07, 6.45) is 2.17. The molecule has 0 bridgehead atoms. The van der Waals surface area contributed by atoms with Gasteiger partial charge >= 0.3 is 0 Å². The molecule has 0 radical (unpaired) electrons. The van der Waals surface area contributed by atoms with Crippen LogP contribution >= 0.6 is 0 Å². The lowest BCUT2D eigenvalue weighted by Gasteiger charge is -2.28. The second-order valence-electron chi connectivity index (χ2n) is 6.69. The van der Waals surface area contributed by atoms with E-state index in [1.807, 2.05) is 36.1 Å². The molecule has 0 N–H and O–H groups in total. The van der Waals surface area contributed by atoms with Crippen LogP contribution in [0.1, 0.15) is 17.5 Å². The number of nitrogens with zero attached hydrogens (tertiary/aromatic N) is 3. The van der Waals surface area contributed by atoms with Crippen molar-refractivity contribution in [3.63, 3.8) is 0 Å². The van der Waals surface area contributed by atoms with Crippen molar-refractivity contribution < 1.29 is 19.2 Å². The van der Waals surface area contributed by atoms with Gasteiger partial charge in [0.2, 0.25) is 0 Å². The van der Waals surface area contributed by atoms with Crippen LogP contribution in [-0.2, 0) is 9.57 Å². The van der Waals surface area contributed by atoms with Crippen LogP contribution in [0.15, 0.2) is 47.6 Å². The van der Waals surface area contributed by atoms with Crippen LogP contribution in [0.2, 0.25) is 0 Å². The Kier molecular flexibility index (Phi) is 7.40. The zero-order valence-electron chi connectivity index (χ0n) is 16.5. The average molecular weight is 399 g/mol. The number of hydrogen-bond donors (Lipinski definition) is 0. The molecule has 1 aliphatic heterocycles. The fraction of sp³-hybridized carbons (Fsp3) is 0.381. The monoisotopic (exact) mass is 399 g/mol. The summed E-state index contributed by atoms with van der Waals surface area (Å²) in [6, 6.07) is 12.9. The maximum Gasteiger partial charge on any atom is 0.293 e. The standard InChI is InChI=1S/C21H25N3O5/c1-17-4-2-5-19(14-17)28-10-3-11-29-22-16-18-6-7-20(21(15-18)24(25)26)23-8-12-27-13-9-23/h2,4-7,14-16H,3,8-13H2,1H3/b22-16-. The molecule has 154 valence electrons. The van der Waals surface area contributed by atoms with Gasteiger partial charge in [-0.1, -0.05) is 23.4 Å². The Morgan fingerprint density at radius 2 is 2.03 bits per heavy atom. The lowest BCUT2D eigenvalue weighted by atomic mass is 10.1. The molecule has 1 heterocycles. The lowest BCUT2D eigenvalue weighted by Crippen LogP contribution is -2.36. The number of aryl methyl sites for hydroxylation is 1. The number of rotatable bonds is 9. The maximum absolute atomic E-state index is 11.5. The summed E-state index contributed by atoms with van der Waals surface area (Å²) in [4.78, 5) is 18.3. The van der Waals surface area contributed by atoms with Crippen molar-refractivity contribution in [2.45, 2.75) is 13.3 Å². The average Bonchev–Trinajstić information content (AvgIpc) is 2.73. The minimum atomic E-state index is -0.369. The van der Waals surface area contributed by atoms with Crippen molar-refractivity contribution in [2.24, 2.45) is 5.16 Å². The van der Waals surface area contributed by atoms with E-state index in [9.17, 15) is 10.1 Å². The van der Waals surface area contributed by atoms with Crippen molar-refractivity contribution in [1.82, 2.24) is 0 Å². The maximum atomic E-state index is 11.5. The Morgan fingerprint density at radius 3 is 2.79 bits per heavy atom. The number of oxime groups is 1. The fourth-order valence-electron chi connectivity index (χ4n) is 3.01. The highest BCUT2D eigenvalue weighted by Gasteiger charge is 2.21. The van der Waals surface area contributed by atoms with E-state index in [1.54, 1.807) is 12.1 Å². The zero-order chi connectivity index (χ0) is 20.5. The third-order valence-electron chi connectivity index (χ3n) is 4.46. The van der Waals surface area contributed by atoms with Crippen LogP contribution in [0.3, 0.4) is 0 Å². The first kappa shape index (κ1) is 20.6. The van der Waals surface area contributed by atoms with Crippen LogP contribution in [0.4, 0.5) is 11.4 Å². The molecule has 0 aromatic heterocycles. The van der Waals surface area contributed by atoms with Crippen molar-refractivity contribution in [1.29, 1.82) is 0 Å². The Balaban J connectivity index is 1.47. The summed E-state index contributed by atoms with van der Waals surface area (Å²) < 4.78 is 11.0. The molecular formula is C21H25N3O5. The highest BCUT2D eigenvalue weighted by Crippen LogP contribution is 2.29. The van der Waals surface area contributed by atoms with Crippen LogP contribution in [-0.4, -0.2) is 50.7 Å². The largest absolute Gasteiger partial charge is 0.493 e. The van der Waals surface area contributed by atoms with Crippen LogP contribution < -0.4 is 9.64 Å². The Labute approximate surface area is 169 Å². The molecule has 0 atom stereocenters. The van der Waals surface area contributed by atoms with E-state index >= 15 is 0 Å². The van der Waals surface area contributed by atoms with Gasteiger partial charge in [-0.25, -0.2) is 0 Å². The highest BCUT2D eigenvalue weighted by molar-refractivity contribution is 5.82. The van der Waals surface area contributed by atoms with E-state index in [0.717, 1.165) is 11.3 Å². The first-order valence-electron chi connectivity index (χ1n) is 9.59. The van der Waals surface area contributed by atoms with E-state index in [1.165, 1.54) is 12.3 Å². The van der Waals surface area contributed by atoms with Crippen molar-refractivity contribution >= 4 is 17.6 Å². The molecule has 8 heteroatoms. The normalized spacial score (nSPS) is 14.2. The molecular weight excluding hydrogens is 374 g/mol. The summed E-state index contributed by atoms with van der Waals surface area (Å²) in [5.74, 6) is 0.834. The van der Waals surface area contributed by atoms with E-state index in [-0.39, 0.29) is 10.6 Å². The van der Waals surface area contributed by atoms with Gasteiger partial charge in [0.1, 0.15) is 18.0 Å². The number of nitro groups is 1. The van der Waals surface area contributed by atoms with Gasteiger partial charge in [0.25, 0.3) is 5.69 Å². The molecule has 8 nitrogen and oxygen atoms in total. The van der Waals surface area contributed by atoms with Crippen molar-refractivity contribution in [3.05, 3.63) is 63.7 Å². The van der Waals surface area contributed by atoms with Crippen molar-refractivity contribution in [3.8, 4) is 5.75 Å². The lowest BCUT2D eigenvalue weighted by molar-refractivity contribution is -0.384. The minimum Gasteiger partial charge on any atom is -0.493 e. The van der Waals surface area contributed by atoms with E-state index in [4.69, 9.17) is 14.3 Å². The molecule has 0 aliphatic carbocycles. The number of morpholine rings is 1. The molecule has 0 amide bonds. The van der Waals surface area contributed by atoms with Gasteiger partial charge in [0, 0.05) is 31.1 Å². The third-order valence-corrected chi connectivity index (χ3v) is 4.46. The van der Waals surface area contributed by atoms with E-state index < -0.39 is 0 Å². The molecule has 1 saturated heterocycles. The topological polar surface area (TPSA) is 86.4 Å². The first-order chi connectivity index (χ1) is 14.1. The number of anilines is 1. The molecule has 2 aromatic rings. The molecule has 2 aromatic carbocycles. The Morgan fingerprint density at radius 1 is 1.21 bits per heavy atom. The molecule has 1 fully saturated rings. The van der Waals surface area contributed by atoms with Crippen LogP contribution in [0.5, 0.6) is 5.75 Å². The molecule has 0 unspecified atom stereocenters. The Bertz CT molecular complexity index is 850. The number of ether oxygens (including phenoxy) is 2. The van der Waals surface area contributed by atoms with Gasteiger partial charge in [-0.05, 0) is 30.7 Å². The van der Waals surface area contributed by atoms with Crippen molar-refractivity contribution in [2.75, 3.05) is 44.4 Å².